The summed E-state index contributed by atoms with van der Waals surface area (Å²) in [6.45, 7) is 14.6. The van der Waals surface area contributed by atoms with E-state index in [0.717, 1.165) is 25.9 Å². The molecule has 0 unspecified atom stereocenters. The van der Waals surface area contributed by atoms with E-state index < -0.39 is 8.32 Å². The molecule has 24 heavy (non-hydrogen) atoms. The number of unbranched alkanes of at least 4 members (excludes halogenated alkanes) is 6. The molecule has 136 valence electrons. The lowest BCUT2D eigenvalue weighted by atomic mass is 10.2. The fourth-order valence-electron chi connectivity index (χ4n) is 1.87. The van der Waals surface area contributed by atoms with Crippen LogP contribution in [0.3, 0.4) is 0 Å². The smallest absolute Gasteiger partial charge is 0.191 e. The molecule has 0 aliphatic heterocycles. The van der Waals surface area contributed by atoms with E-state index in [1.54, 1.807) is 0 Å². The first kappa shape index (κ1) is 23.0. The highest BCUT2D eigenvalue weighted by Gasteiger charge is 2.36. The van der Waals surface area contributed by atoms with Gasteiger partial charge in [0.2, 0.25) is 0 Å². The van der Waals surface area contributed by atoms with Gasteiger partial charge in [0.15, 0.2) is 8.32 Å². The van der Waals surface area contributed by atoms with Crippen LogP contribution in [0.2, 0.25) is 18.1 Å². The first-order chi connectivity index (χ1) is 11.3. The Labute approximate surface area is 152 Å². The van der Waals surface area contributed by atoms with Gasteiger partial charge in [-0.1, -0.05) is 64.9 Å². The van der Waals surface area contributed by atoms with Gasteiger partial charge in [-0.3, -0.25) is 0 Å². The topological polar surface area (TPSA) is 9.23 Å². The maximum atomic E-state index is 6.18. The predicted molar refractivity (Wildman–Crippen MR) is 110 cm³/mol. The molecule has 0 aliphatic rings. The van der Waals surface area contributed by atoms with Crippen LogP contribution >= 0.6 is 0 Å². The number of hydrogen-bond acceptors (Lipinski definition) is 1. The van der Waals surface area contributed by atoms with Crippen molar-refractivity contribution in [1.82, 2.24) is 0 Å². The molecule has 0 amide bonds. The van der Waals surface area contributed by atoms with Gasteiger partial charge >= 0.3 is 0 Å². The van der Waals surface area contributed by atoms with Gasteiger partial charge in [0.25, 0.3) is 0 Å². The van der Waals surface area contributed by atoms with Crippen LogP contribution in [-0.4, -0.2) is 14.9 Å². The van der Waals surface area contributed by atoms with Gasteiger partial charge in [-0.15, -0.1) is 0 Å². The zero-order valence-electron chi connectivity index (χ0n) is 16.9. The summed E-state index contributed by atoms with van der Waals surface area (Å²) in [5.41, 5.74) is 0. The van der Waals surface area contributed by atoms with Crippen LogP contribution in [0.1, 0.15) is 79.1 Å². The summed E-state index contributed by atoms with van der Waals surface area (Å²) >= 11 is 0. The number of rotatable bonds is 10. The second kappa shape index (κ2) is 13.3. The Balaban J connectivity index is 3.64. The molecule has 0 fully saturated rings. The Morgan fingerprint density at radius 3 is 2.38 bits per heavy atom. The van der Waals surface area contributed by atoms with Crippen LogP contribution in [0, 0.1) is 23.7 Å². The van der Waals surface area contributed by atoms with Gasteiger partial charge < -0.3 is 4.43 Å². The molecule has 0 rings (SSSR count). The molecule has 2 heteroatoms. The summed E-state index contributed by atoms with van der Waals surface area (Å²) in [5.74, 6) is 11.9. The summed E-state index contributed by atoms with van der Waals surface area (Å²) in [5, 5.41) is 0.313. The molecular formula is C22H38OSi. The molecule has 0 aromatic heterocycles. The zero-order valence-corrected chi connectivity index (χ0v) is 17.9. The Hall–Kier alpha value is -0.963. The van der Waals surface area contributed by atoms with Crippen LogP contribution in [0.25, 0.3) is 0 Å². The lowest BCUT2D eigenvalue weighted by Crippen LogP contribution is -2.40. The normalized spacial score (nSPS) is 11.8. The average molecular weight is 347 g/mol. The molecular weight excluding hydrogens is 308 g/mol. The highest BCUT2D eigenvalue weighted by Crippen LogP contribution is 2.36. The minimum atomic E-state index is -1.56. The van der Waals surface area contributed by atoms with E-state index in [4.69, 9.17) is 4.43 Å². The van der Waals surface area contributed by atoms with Crippen LogP contribution in [-0.2, 0) is 4.43 Å². The Morgan fingerprint density at radius 2 is 1.71 bits per heavy atom. The van der Waals surface area contributed by atoms with Crippen molar-refractivity contribution in [3.8, 4) is 23.7 Å². The molecule has 0 radical (unpaired) electrons. The molecule has 0 N–H and O–H groups in total. The third kappa shape index (κ3) is 12.5. The van der Waals surface area contributed by atoms with Crippen molar-refractivity contribution in [1.29, 1.82) is 0 Å². The molecule has 0 spiro atoms. The standard InChI is InChI=1S/C22H38OSi/c1-7-8-9-10-11-12-13-14-15-16-17-18-19-20-21-23-24(5,6)22(2,3)4/h15-16H,7-10,17-21H2,1-6H3. The van der Waals surface area contributed by atoms with Crippen molar-refractivity contribution >= 4 is 8.32 Å². The second-order valence-electron chi connectivity index (χ2n) is 7.89. The molecule has 0 saturated carbocycles. The van der Waals surface area contributed by atoms with Crippen LogP contribution < -0.4 is 0 Å². The molecule has 0 saturated heterocycles. The predicted octanol–water partition coefficient (Wildman–Crippen LogP) is 6.71. The van der Waals surface area contributed by atoms with E-state index in [0.29, 0.717) is 5.04 Å². The molecule has 0 aromatic carbocycles. The van der Waals surface area contributed by atoms with E-state index in [2.05, 4.69) is 70.5 Å². The minimum absolute atomic E-state index is 0.313. The van der Waals surface area contributed by atoms with Gasteiger partial charge in [0.1, 0.15) is 0 Å². The van der Waals surface area contributed by atoms with E-state index in [-0.39, 0.29) is 0 Å². The van der Waals surface area contributed by atoms with Gasteiger partial charge in [0.05, 0.1) is 0 Å². The molecule has 0 aromatic rings. The third-order valence-corrected chi connectivity index (χ3v) is 9.15. The lowest BCUT2D eigenvalue weighted by molar-refractivity contribution is 0.278. The summed E-state index contributed by atoms with van der Waals surface area (Å²) in [6.07, 6.45) is 13.5. The van der Waals surface area contributed by atoms with Gasteiger partial charge in [-0.05, 0) is 61.7 Å². The second-order valence-corrected chi connectivity index (χ2v) is 12.7. The highest BCUT2D eigenvalue weighted by atomic mass is 28.4. The highest BCUT2D eigenvalue weighted by molar-refractivity contribution is 6.74. The van der Waals surface area contributed by atoms with Gasteiger partial charge in [-0.2, -0.15) is 0 Å². The van der Waals surface area contributed by atoms with Crippen molar-refractivity contribution in [2.24, 2.45) is 0 Å². The van der Waals surface area contributed by atoms with E-state index in [9.17, 15) is 0 Å². The van der Waals surface area contributed by atoms with Crippen molar-refractivity contribution in [3.05, 3.63) is 12.2 Å². The van der Waals surface area contributed by atoms with Crippen molar-refractivity contribution < 1.29 is 4.43 Å². The van der Waals surface area contributed by atoms with Crippen LogP contribution in [0.4, 0.5) is 0 Å². The maximum Gasteiger partial charge on any atom is 0.191 e. The summed E-state index contributed by atoms with van der Waals surface area (Å²) < 4.78 is 6.18. The average Bonchev–Trinajstić information content (AvgIpc) is 2.50. The fourth-order valence-corrected chi connectivity index (χ4v) is 2.96. The SMILES string of the molecule is CCCCCC#CC#CC=CCCCCCO[Si](C)(C)C(C)(C)C. The molecule has 0 atom stereocenters. The van der Waals surface area contributed by atoms with Crippen molar-refractivity contribution in [3.63, 3.8) is 0 Å². The number of hydrogen-bond donors (Lipinski definition) is 0. The van der Waals surface area contributed by atoms with Crippen LogP contribution in [0.5, 0.6) is 0 Å². The molecule has 0 heterocycles. The fraction of sp³-hybridized carbons (Fsp3) is 0.727. The van der Waals surface area contributed by atoms with Crippen molar-refractivity contribution in [2.45, 2.75) is 97.2 Å². The first-order valence-corrected chi connectivity index (χ1v) is 12.5. The third-order valence-electron chi connectivity index (χ3n) is 4.61. The van der Waals surface area contributed by atoms with Crippen molar-refractivity contribution in [2.75, 3.05) is 6.61 Å². The largest absolute Gasteiger partial charge is 0.417 e. The maximum absolute atomic E-state index is 6.18. The molecule has 0 aliphatic carbocycles. The van der Waals surface area contributed by atoms with Gasteiger partial charge in [-0.25, -0.2) is 0 Å². The Bertz CT molecular complexity index is 460. The summed E-state index contributed by atoms with van der Waals surface area (Å²) in [4.78, 5) is 0. The first-order valence-electron chi connectivity index (χ1n) is 9.58. The quantitative estimate of drug-likeness (QED) is 0.242. The van der Waals surface area contributed by atoms with Crippen LogP contribution in [0.15, 0.2) is 12.2 Å². The van der Waals surface area contributed by atoms with E-state index in [1.165, 1.54) is 32.1 Å². The Morgan fingerprint density at radius 1 is 0.958 bits per heavy atom. The van der Waals surface area contributed by atoms with E-state index in [1.807, 2.05) is 6.08 Å². The molecule has 1 nitrogen and oxygen atoms in total. The summed E-state index contributed by atoms with van der Waals surface area (Å²) in [7, 11) is -1.56. The summed E-state index contributed by atoms with van der Waals surface area (Å²) in [6, 6.07) is 0. The number of allylic oxidation sites excluding steroid dienone is 2. The zero-order chi connectivity index (χ0) is 18.3. The van der Waals surface area contributed by atoms with Gasteiger partial charge in [0, 0.05) is 13.0 Å². The molecule has 0 bridgehead atoms. The Kier molecular flexibility index (Phi) is 12.8. The lowest BCUT2D eigenvalue weighted by Gasteiger charge is -2.36. The van der Waals surface area contributed by atoms with E-state index >= 15 is 0 Å². The minimum Gasteiger partial charge on any atom is -0.417 e. The monoisotopic (exact) mass is 346 g/mol.